The van der Waals surface area contributed by atoms with E-state index in [-0.39, 0.29) is 0 Å². The number of azo groups is 1. The normalized spacial score (nSPS) is 10.8. The van der Waals surface area contributed by atoms with Crippen LogP contribution in [0.3, 0.4) is 0 Å². The summed E-state index contributed by atoms with van der Waals surface area (Å²) in [5.74, 6) is 0. The minimum Gasteiger partial charge on any atom is -0.398 e. The average molecular weight is 276 g/mol. The van der Waals surface area contributed by atoms with Crippen LogP contribution in [0.5, 0.6) is 0 Å². The molecule has 0 aliphatic heterocycles. The van der Waals surface area contributed by atoms with E-state index < -0.39 is 0 Å². The van der Waals surface area contributed by atoms with E-state index in [0.29, 0.717) is 5.69 Å². The van der Waals surface area contributed by atoms with Gasteiger partial charge in [-0.15, -0.1) is 0 Å². The van der Waals surface area contributed by atoms with E-state index in [1.54, 1.807) is 6.07 Å². The fraction of sp³-hybridized carbons (Fsp3) is 0. The highest BCUT2D eigenvalue weighted by molar-refractivity contribution is 9.10. The van der Waals surface area contributed by atoms with Gasteiger partial charge in [-0.3, -0.25) is 0 Å². The highest BCUT2D eigenvalue weighted by Gasteiger charge is 1.96. The lowest BCUT2D eigenvalue weighted by atomic mass is 10.3. The highest BCUT2D eigenvalue weighted by atomic mass is 79.9. The Balaban J connectivity index is 2.21. The Morgan fingerprint density at radius 3 is 2.25 bits per heavy atom. The molecule has 0 heterocycles. The summed E-state index contributed by atoms with van der Waals surface area (Å²) in [4.78, 5) is 0. The van der Waals surface area contributed by atoms with Crippen molar-refractivity contribution >= 4 is 33.0 Å². The number of nitrogens with two attached hydrogens (primary N) is 1. The molecule has 0 aliphatic carbocycles. The molecule has 0 amide bonds. The smallest absolute Gasteiger partial charge is 0.0869 e. The number of nitrogen functional groups attached to an aromatic ring is 1. The molecule has 2 aromatic carbocycles. The molecule has 0 spiro atoms. The first-order valence-electron chi connectivity index (χ1n) is 4.77. The third kappa shape index (κ3) is 2.67. The van der Waals surface area contributed by atoms with E-state index in [0.717, 1.165) is 15.8 Å². The quantitative estimate of drug-likeness (QED) is 0.639. The van der Waals surface area contributed by atoms with Gasteiger partial charge in [-0.2, -0.15) is 10.2 Å². The van der Waals surface area contributed by atoms with Gasteiger partial charge in [0, 0.05) is 10.2 Å². The zero-order valence-electron chi connectivity index (χ0n) is 8.47. The van der Waals surface area contributed by atoms with Crippen LogP contribution >= 0.6 is 15.9 Å². The predicted octanol–water partition coefficient (Wildman–Crippen LogP) is 4.45. The minimum atomic E-state index is 0.693. The van der Waals surface area contributed by atoms with E-state index in [9.17, 15) is 0 Å². The summed E-state index contributed by atoms with van der Waals surface area (Å²) in [5, 5.41) is 8.23. The van der Waals surface area contributed by atoms with Gasteiger partial charge in [-0.1, -0.05) is 18.2 Å². The Hall–Kier alpha value is -1.68. The fourth-order valence-corrected chi connectivity index (χ4v) is 1.56. The number of hydrogen-bond donors (Lipinski definition) is 1. The Kier molecular flexibility index (Phi) is 3.31. The minimum absolute atomic E-state index is 0.693. The van der Waals surface area contributed by atoms with Gasteiger partial charge in [0.2, 0.25) is 0 Å². The first-order valence-corrected chi connectivity index (χ1v) is 5.57. The molecule has 16 heavy (non-hydrogen) atoms. The summed E-state index contributed by atoms with van der Waals surface area (Å²) in [6.07, 6.45) is 0. The molecule has 0 radical (unpaired) electrons. The van der Waals surface area contributed by atoms with Crippen molar-refractivity contribution in [2.24, 2.45) is 10.2 Å². The van der Waals surface area contributed by atoms with Crippen LogP contribution in [0.25, 0.3) is 0 Å². The SMILES string of the molecule is Nc1ccc(N=Nc2ccccc2)cc1Br. The van der Waals surface area contributed by atoms with Crippen molar-refractivity contribution in [2.45, 2.75) is 0 Å². The van der Waals surface area contributed by atoms with E-state index in [1.807, 2.05) is 42.5 Å². The largest absolute Gasteiger partial charge is 0.398 e. The van der Waals surface area contributed by atoms with Gasteiger partial charge in [0.25, 0.3) is 0 Å². The summed E-state index contributed by atoms with van der Waals surface area (Å²) >= 11 is 3.35. The summed E-state index contributed by atoms with van der Waals surface area (Å²) in [6, 6.07) is 15.0. The molecule has 0 aliphatic rings. The van der Waals surface area contributed by atoms with Gasteiger partial charge in [0.05, 0.1) is 11.4 Å². The molecule has 3 nitrogen and oxygen atoms in total. The van der Waals surface area contributed by atoms with Gasteiger partial charge < -0.3 is 5.73 Å². The maximum Gasteiger partial charge on any atom is 0.0869 e. The zero-order chi connectivity index (χ0) is 11.4. The Labute approximate surface area is 102 Å². The van der Waals surface area contributed by atoms with Crippen LogP contribution in [-0.2, 0) is 0 Å². The van der Waals surface area contributed by atoms with Crippen molar-refractivity contribution in [3.63, 3.8) is 0 Å². The second kappa shape index (κ2) is 4.90. The van der Waals surface area contributed by atoms with Crippen LogP contribution < -0.4 is 5.73 Å². The molecule has 0 fully saturated rings. The van der Waals surface area contributed by atoms with Crippen LogP contribution in [0.2, 0.25) is 0 Å². The predicted molar refractivity (Wildman–Crippen MR) is 69.2 cm³/mol. The molecule has 2 aromatic rings. The molecule has 0 atom stereocenters. The monoisotopic (exact) mass is 275 g/mol. The standard InChI is InChI=1S/C12H10BrN3/c13-11-8-10(6-7-12(11)14)16-15-9-4-2-1-3-5-9/h1-8H,14H2. The van der Waals surface area contributed by atoms with E-state index in [2.05, 4.69) is 26.2 Å². The summed E-state index contributed by atoms with van der Waals surface area (Å²) in [7, 11) is 0. The average Bonchev–Trinajstić information content (AvgIpc) is 2.32. The lowest BCUT2D eigenvalue weighted by Gasteiger charge is -1.98. The lowest BCUT2D eigenvalue weighted by Crippen LogP contribution is -1.84. The van der Waals surface area contributed by atoms with Crippen molar-refractivity contribution < 1.29 is 0 Å². The summed E-state index contributed by atoms with van der Waals surface area (Å²) < 4.78 is 0.831. The number of benzene rings is 2. The fourth-order valence-electron chi connectivity index (χ4n) is 1.19. The molecule has 0 saturated carbocycles. The van der Waals surface area contributed by atoms with Crippen molar-refractivity contribution in [2.75, 3.05) is 5.73 Å². The van der Waals surface area contributed by atoms with Crippen molar-refractivity contribution in [3.8, 4) is 0 Å². The Bertz CT molecular complexity index is 509. The molecular formula is C12H10BrN3. The molecule has 0 unspecified atom stereocenters. The van der Waals surface area contributed by atoms with Crippen LogP contribution in [0.15, 0.2) is 63.2 Å². The third-order valence-corrected chi connectivity index (χ3v) is 2.71. The third-order valence-electron chi connectivity index (χ3n) is 2.02. The number of rotatable bonds is 2. The van der Waals surface area contributed by atoms with Crippen molar-refractivity contribution in [3.05, 3.63) is 53.0 Å². The Morgan fingerprint density at radius 2 is 1.56 bits per heavy atom. The number of hydrogen-bond acceptors (Lipinski definition) is 3. The van der Waals surface area contributed by atoms with Gasteiger partial charge in [-0.25, -0.2) is 0 Å². The van der Waals surface area contributed by atoms with Crippen molar-refractivity contribution in [1.29, 1.82) is 0 Å². The molecule has 0 aromatic heterocycles. The van der Waals surface area contributed by atoms with E-state index in [4.69, 9.17) is 5.73 Å². The van der Waals surface area contributed by atoms with E-state index >= 15 is 0 Å². The van der Waals surface area contributed by atoms with Crippen LogP contribution in [0, 0.1) is 0 Å². The number of nitrogens with zero attached hydrogens (tertiary/aromatic N) is 2. The van der Waals surface area contributed by atoms with E-state index in [1.165, 1.54) is 0 Å². The second-order valence-electron chi connectivity index (χ2n) is 3.24. The van der Waals surface area contributed by atoms with Crippen LogP contribution in [-0.4, -0.2) is 0 Å². The second-order valence-corrected chi connectivity index (χ2v) is 4.10. The molecule has 2 N–H and O–H groups in total. The maximum absolute atomic E-state index is 5.68. The van der Waals surface area contributed by atoms with Gasteiger partial charge >= 0.3 is 0 Å². The molecule has 0 saturated heterocycles. The first-order chi connectivity index (χ1) is 7.75. The number of halogens is 1. The summed E-state index contributed by atoms with van der Waals surface area (Å²) in [5.41, 5.74) is 7.97. The lowest BCUT2D eigenvalue weighted by molar-refractivity contribution is 1.23. The highest BCUT2D eigenvalue weighted by Crippen LogP contribution is 2.26. The Morgan fingerprint density at radius 1 is 0.875 bits per heavy atom. The molecule has 2 rings (SSSR count). The van der Waals surface area contributed by atoms with Crippen molar-refractivity contribution in [1.82, 2.24) is 0 Å². The molecule has 80 valence electrons. The van der Waals surface area contributed by atoms with Gasteiger partial charge in [-0.05, 0) is 46.3 Å². The first kappa shape index (κ1) is 10.8. The van der Waals surface area contributed by atoms with Gasteiger partial charge in [0.15, 0.2) is 0 Å². The maximum atomic E-state index is 5.68. The molecular weight excluding hydrogens is 266 g/mol. The number of anilines is 1. The topological polar surface area (TPSA) is 50.7 Å². The van der Waals surface area contributed by atoms with Crippen LogP contribution in [0.1, 0.15) is 0 Å². The molecule has 0 bridgehead atoms. The summed E-state index contributed by atoms with van der Waals surface area (Å²) in [6.45, 7) is 0. The zero-order valence-corrected chi connectivity index (χ0v) is 10.1. The van der Waals surface area contributed by atoms with Crippen LogP contribution in [0.4, 0.5) is 17.1 Å². The molecule has 4 heteroatoms. The van der Waals surface area contributed by atoms with Gasteiger partial charge in [0.1, 0.15) is 0 Å².